The molecule has 2 aromatic rings. The number of hydrogen-bond donors (Lipinski definition) is 1. The number of pyridine rings is 1. The van der Waals surface area contributed by atoms with Gasteiger partial charge in [-0.2, -0.15) is 0 Å². The van der Waals surface area contributed by atoms with E-state index in [0.717, 1.165) is 18.9 Å². The van der Waals surface area contributed by atoms with Crippen LogP contribution in [-0.2, 0) is 9.47 Å². The molecule has 1 amide bonds. The Kier molecular flexibility index (Phi) is 5.58. The minimum atomic E-state index is -0.561. The third-order valence-corrected chi connectivity index (χ3v) is 4.16. The van der Waals surface area contributed by atoms with Gasteiger partial charge in [-0.3, -0.25) is 5.32 Å². The van der Waals surface area contributed by atoms with E-state index < -0.39 is 11.7 Å². The average Bonchev–Trinajstić information content (AvgIpc) is 3.01. The molecule has 1 aliphatic heterocycles. The number of nitrogens with one attached hydrogen (secondary N) is 1. The van der Waals surface area contributed by atoms with Crippen LogP contribution in [0.25, 0.3) is 0 Å². The van der Waals surface area contributed by atoms with Gasteiger partial charge in [0, 0.05) is 13.1 Å². The van der Waals surface area contributed by atoms with E-state index in [1.165, 1.54) is 11.3 Å². The molecular weight excluding hydrogens is 356 g/mol. The fourth-order valence-corrected chi connectivity index (χ4v) is 2.96. The van der Waals surface area contributed by atoms with Crippen molar-refractivity contribution in [3.63, 3.8) is 0 Å². The van der Waals surface area contributed by atoms with Gasteiger partial charge in [-0.15, -0.1) is 0 Å². The first-order valence-electron chi connectivity index (χ1n) is 8.31. The van der Waals surface area contributed by atoms with E-state index >= 15 is 0 Å². The normalized spacial score (nSPS) is 14.8. The lowest BCUT2D eigenvalue weighted by atomic mass is 10.2. The van der Waals surface area contributed by atoms with E-state index in [9.17, 15) is 4.79 Å². The number of carbonyl (C=O) groups is 1. The largest absolute Gasteiger partial charge is 0.444 e. The number of morpholine rings is 1. The molecule has 3 heterocycles. The lowest BCUT2D eigenvalue weighted by molar-refractivity contribution is 0.0636. The first-order valence-corrected chi connectivity index (χ1v) is 9.13. The molecule has 1 N–H and O–H groups in total. The molecule has 0 aliphatic carbocycles. The Morgan fingerprint density at radius 3 is 2.65 bits per heavy atom. The van der Waals surface area contributed by atoms with Crippen molar-refractivity contribution in [3.05, 3.63) is 24.5 Å². The zero-order chi connectivity index (χ0) is 18.6. The van der Waals surface area contributed by atoms with Crippen LogP contribution < -0.4 is 15.0 Å². The highest BCUT2D eigenvalue weighted by Crippen LogP contribution is 2.30. The Labute approximate surface area is 156 Å². The lowest BCUT2D eigenvalue weighted by Gasteiger charge is -2.27. The van der Waals surface area contributed by atoms with Crippen molar-refractivity contribution in [1.29, 1.82) is 0 Å². The summed E-state index contributed by atoms with van der Waals surface area (Å²) in [4.78, 5) is 22.5. The monoisotopic (exact) mass is 378 g/mol. The molecular formula is C17H22N4O4S. The fourth-order valence-electron chi connectivity index (χ4n) is 2.28. The number of amides is 1. The Balaban J connectivity index is 1.56. The smallest absolute Gasteiger partial charge is 0.413 e. The van der Waals surface area contributed by atoms with E-state index in [1.807, 2.05) is 12.1 Å². The van der Waals surface area contributed by atoms with Crippen molar-refractivity contribution in [1.82, 2.24) is 9.97 Å². The molecule has 9 heteroatoms. The van der Waals surface area contributed by atoms with Gasteiger partial charge in [0.15, 0.2) is 5.13 Å². The second kappa shape index (κ2) is 7.88. The fraction of sp³-hybridized carbons (Fsp3) is 0.471. The topological polar surface area (TPSA) is 85.8 Å². The summed E-state index contributed by atoms with van der Waals surface area (Å²) < 4.78 is 16.3. The van der Waals surface area contributed by atoms with Crippen LogP contribution >= 0.6 is 11.3 Å². The molecule has 0 bridgehead atoms. The van der Waals surface area contributed by atoms with Crippen LogP contribution in [-0.4, -0.2) is 48.0 Å². The zero-order valence-electron chi connectivity index (χ0n) is 15.0. The van der Waals surface area contributed by atoms with E-state index in [1.54, 1.807) is 33.2 Å². The molecule has 0 saturated carbocycles. The highest BCUT2D eigenvalue weighted by Gasteiger charge is 2.17. The molecule has 3 rings (SSSR count). The molecule has 26 heavy (non-hydrogen) atoms. The molecule has 1 fully saturated rings. The number of ether oxygens (including phenoxy) is 3. The minimum Gasteiger partial charge on any atom is -0.444 e. The predicted octanol–water partition coefficient (Wildman–Crippen LogP) is 3.51. The van der Waals surface area contributed by atoms with Crippen molar-refractivity contribution in [2.75, 3.05) is 36.5 Å². The summed E-state index contributed by atoms with van der Waals surface area (Å²) in [5.41, 5.74) is -0.561. The Bertz CT molecular complexity index is 736. The second-order valence-corrected chi connectivity index (χ2v) is 7.66. The van der Waals surface area contributed by atoms with Crippen molar-refractivity contribution >= 4 is 28.4 Å². The first kappa shape index (κ1) is 18.4. The maximum Gasteiger partial charge on any atom is 0.413 e. The number of hydrogen-bond acceptors (Lipinski definition) is 8. The van der Waals surface area contributed by atoms with Gasteiger partial charge in [-0.1, -0.05) is 11.3 Å². The number of aromatic nitrogens is 2. The van der Waals surface area contributed by atoms with E-state index in [0.29, 0.717) is 29.2 Å². The third-order valence-electron chi connectivity index (χ3n) is 3.37. The van der Waals surface area contributed by atoms with Crippen LogP contribution in [0.2, 0.25) is 0 Å². The van der Waals surface area contributed by atoms with Crippen LogP contribution in [0.4, 0.5) is 15.7 Å². The highest BCUT2D eigenvalue weighted by molar-refractivity contribution is 7.17. The third kappa shape index (κ3) is 5.30. The molecule has 140 valence electrons. The Hall–Kier alpha value is -2.39. The van der Waals surface area contributed by atoms with E-state index in [4.69, 9.17) is 14.2 Å². The summed E-state index contributed by atoms with van der Waals surface area (Å²) in [5.74, 6) is 1.51. The highest BCUT2D eigenvalue weighted by atomic mass is 32.1. The van der Waals surface area contributed by atoms with Crippen LogP contribution in [0, 0.1) is 0 Å². The molecule has 2 aromatic heterocycles. The zero-order valence-corrected chi connectivity index (χ0v) is 15.8. The van der Waals surface area contributed by atoms with Gasteiger partial charge in [-0.05, 0) is 32.9 Å². The van der Waals surface area contributed by atoms with Crippen molar-refractivity contribution < 1.29 is 19.0 Å². The molecule has 1 aliphatic rings. The van der Waals surface area contributed by atoms with Gasteiger partial charge in [0.2, 0.25) is 5.06 Å². The number of rotatable bonds is 4. The summed E-state index contributed by atoms with van der Waals surface area (Å²) in [6.45, 7) is 8.51. The number of anilines is 2. The average molecular weight is 378 g/mol. The summed E-state index contributed by atoms with van der Waals surface area (Å²) >= 11 is 1.21. The standard InChI is InChI=1S/C17H22N4O4S/c1-17(2,3)25-16(22)20-15-19-11-14(26-15)24-12-4-5-13(18-10-12)21-6-8-23-9-7-21/h4-5,10-11H,6-9H2,1-3H3,(H,19,20,22). The molecule has 0 atom stereocenters. The van der Waals surface area contributed by atoms with E-state index in [2.05, 4.69) is 20.2 Å². The van der Waals surface area contributed by atoms with Gasteiger partial charge < -0.3 is 19.1 Å². The summed E-state index contributed by atoms with van der Waals surface area (Å²) in [6, 6.07) is 3.78. The summed E-state index contributed by atoms with van der Waals surface area (Å²) in [5, 5.41) is 3.55. The van der Waals surface area contributed by atoms with Gasteiger partial charge in [-0.25, -0.2) is 14.8 Å². The molecule has 0 aromatic carbocycles. The van der Waals surface area contributed by atoms with Crippen LogP contribution in [0.5, 0.6) is 10.8 Å². The van der Waals surface area contributed by atoms with Crippen molar-refractivity contribution in [2.45, 2.75) is 26.4 Å². The van der Waals surface area contributed by atoms with Crippen LogP contribution in [0.1, 0.15) is 20.8 Å². The maximum absolute atomic E-state index is 11.8. The molecule has 0 unspecified atom stereocenters. The van der Waals surface area contributed by atoms with Crippen molar-refractivity contribution in [3.8, 4) is 10.8 Å². The van der Waals surface area contributed by atoms with E-state index in [-0.39, 0.29) is 0 Å². The molecule has 1 saturated heterocycles. The van der Waals surface area contributed by atoms with Gasteiger partial charge in [0.05, 0.1) is 25.6 Å². The van der Waals surface area contributed by atoms with Gasteiger partial charge in [0.25, 0.3) is 0 Å². The SMILES string of the molecule is CC(C)(C)OC(=O)Nc1ncc(Oc2ccc(N3CCOCC3)nc2)s1. The first-order chi connectivity index (χ1) is 12.4. The Morgan fingerprint density at radius 2 is 2.00 bits per heavy atom. The quantitative estimate of drug-likeness (QED) is 0.871. The van der Waals surface area contributed by atoms with Gasteiger partial charge >= 0.3 is 6.09 Å². The second-order valence-electron chi connectivity index (χ2n) is 6.66. The van der Waals surface area contributed by atoms with Crippen LogP contribution in [0.3, 0.4) is 0 Å². The van der Waals surface area contributed by atoms with Gasteiger partial charge in [0.1, 0.15) is 17.2 Å². The number of carbonyl (C=O) groups excluding carboxylic acids is 1. The predicted molar refractivity (Wildman–Crippen MR) is 99.3 cm³/mol. The molecule has 0 radical (unpaired) electrons. The summed E-state index contributed by atoms with van der Waals surface area (Å²) in [7, 11) is 0. The number of thiazole rings is 1. The molecule has 0 spiro atoms. The summed E-state index contributed by atoms with van der Waals surface area (Å²) in [6.07, 6.45) is 2.67. The number of nitrogens with zero attached hydrogens (tertiary/aromatic N) is 3. The van der Waals surface area contributed by atoms with Crippen molar-refractivity contribution in [2.24, 2.45) is 0 Å². The lowest BCUT2D eigenvalue weighted by Crippen LogP contribution is -2.36. The molecule has 8 nitrogen and oxygen atoms in total. The minimum absolute atomic E-state index is 0.409. The Morgan fingerprint density at radius 1 is 1.23 bits per heavy atom. The maximum atomic E-state index is 11.8. The van der Waals surface area contributed by atoms with Crippen LogP contribution in [0.15, 0.2) is 24.5 Å².